The molecule has 0 radical (unpaired) electrons. The number of hydrogen-bond acceptors (Lipinski definition) is 6. The second-order valence-electron chi connectivity index (χ2n) is 6.10. The molecule has 5 nitrogen and oxygen atoms in total. The Labute approximate surface area is 174 Å². The predicted molar refractivity (Wildman–Crippen MR) is 116 cm³/mol. The van der Waals surface area contributed by atoms with Crippen molar-refractivity contribution in [2.45, 2.75) is 6.92 Å². The number of fused-ring (bicyclic) bond motifs is 1. The van der Waals surface area contributed by atoms with Crippen LogP contribution in [-0.4, -0.2) is 23.0 Å². The lowest BCUT2D eigenvalue weighted by Crippen LogP contribution is -2.06. The van der Waals surface area contributed by atoms with Crippen LogP contribution in [0.2, 0.25) is 0 Å². The molecule has 1 N–H and O–H groups in total. The lowest BCUT2D eigenvalue weighted by molar-refractivity contribution is 0.0602. The summed E-state index contributed by atoms with van der Waals surface area (Å²) in [5, 5.41) is 4.25. The van der Waals surface area contributed by atoms with Gasteiger partial charge in [-0.2, -0.15) is 0 Å². The maximum atomic E-state index is 12.1. The smallest absolute Gasteiger partial charge is 0.339 e. The number of carbonyl (C=O) groups excluding carboxylic acids is 1. The first-order valence-corrected chi connectivity index (χ1v) is 10.1. The molecule has 7 heteroatoms. The van der Waals surface area contributed by atoms with E-state index in [9.17, 15) is 4.79 Å². The Morgan fingerprint density at radius 1 is 1.11 bits per heavy atom. The Hall–Kier alpha value is -2.77. The fraction of sp³-hybridized carbons (Fsp3) is 0.0952. The van der Waals surface area contributed by atoms with Gasteiger partial charge in [0.15, 0.2) is 0 Å². The molecule has 0 aliphatic heterocycles. The van der Waals surface area contributed by atoms with Crippen LogP contribution >= 0.6 is 27.3 Å². The summed E-state index contributed by atoms with van der Waals surface area (Å²) in [5.41, 5.74) is 3.27. The van der Waals surface area contributed by atoms with Crippen molar-refractivity contribution in [2.75, 3.05) is 12.4 Å². The van der Waals surface area contributed by atoms with Crippen LogP contribution in [0.5, 0.6) is 0 Å². The standard InChI is InChI=1S/C21H16BrN3O2S/c1-12-17(13-7-9-14(22)10-8-13)18-19(23-11-24-20(18)28-12)25-16-6-4-3-5-15(16)21(26)27-2/h3-11H,1-2H3,(H,23,24,25). The number of para-hydroxylation sites is 1. The molecule has 2 aromatic carbocycles. The Morgan fingerprint density at radius 3 is 2.61 bits per heavy atom. The predicted octanol–water partition coefficient (Wildman–Crippen LogP) is 5.96. The van der Waals surface area contributed by atoms with E-state index in [1.807, 2.05) is 24.3 Å². The number of rotatable bonds is 4. The molecule has 4 aromatic rings. The summed E-state index contributed by atoms with van der Waals surface area (Å²) >= 11 is 5.11. The van der Waals surface area contributed by atoms with E-state index in [0.29, 0.717) is 17.1 Å². The number of halogens is 1. The number of aromatic nitrogens is 2. The summed E-state index contributed by atoms with van der Waals surface area (Å²) < 4.78 is 5.92. The van der Waals surface area contributed by atoms with E-state index < -0.39 is 5.97 Å². The van der Waals surface area contributed by atoms with Crippen LogP contribution in [0.15, 0.2) is 59.3 Å². The molecule has 0 atom stereocenters. The van der Waals surface area contributed by atoms with E-state index in [0.717, 1.165) is 30.7 Å². The van der Waals surface area contributed by atoms with Crippen LogP contribution in [0.3, 0.4) is 0 Å². The molecular weight excluding hydrogens is 438 g/mol. The lowest BCUT2D eigenvalue weighted by atomic mass is 10.0. The summed E-state index contributed by atoms with van der Waals surface area (Å²) in [7, 11) is 1.37. The van der Waals surface area contributed by atoms with E-state index in [1.54, 1.807) is 23.5 Å². The van der Waals surface area contributed by atoms with Gasteiger partial charge >= 0.3 is 5.97 Å². The number of ether oxygens (including phenoxy) is 1. The van der Waals surface area contributed by atoms with Crippen LogP contribution in [0.4, 0.5) is 11.5 Å². The zero-order chi connectivity index (χ0) is 19.7. The maximum absolute atomic E-state index is 12.1. The second-order valence-corrected chi connectivity index (χ2v) is 8.22. The third-order valence-electron chi connectivity index (χ3n) is 4.38. The van der Waals surface area contributed by atoms with E-state index >= 15 is 0 Å². The third-order valence-corrected chi connectivity index (χ3v) is 5.92. The third kappa shape index (κ3) is 3.39. The highest BCUT2D eigenvalue weighted by Crippen LogP contribution is 2.41. The van der Waals surface area contributed by atoms with Gasteiger partial charge in [0.25, 0.3) is 0 Å². The van der Waals surface area contributed by atoms with Crippen molar-refractivity contribution in [3.8, 4) is 11.1 Å². The highest BCUT2D eigenvalue weighted by Gasteiger charge is 2.18. The monoisotopic (exact) mass is 453 g/mol. The van der Waals surface area contributed by atoms with E-state index in [1.165, 1.54) is 13.4 Å². The number of methoxy groups -OCH3 is 1. The number of benzene rings is 2. The molecule has 0 fully saturated rings. The number of anilines is 2. The van der Waals surface area contributed by atoms with Crippen molar-refractivity contribution in [2.24, 2.45) is 0 Å². The molecule has 28 heavy (non-hydrogen) atoms. The Kier molecular flexibility index (Phi) is 5.11. The summed E-state index contributed by atoms with van der Waals surface area (Å²) in [4.78, 5) is 23.1. The Bertz CT molecular complexity index is 1170. The molecule has 4 rings (SSSR count). The molecule has 0 amide bonds. The van der Waals surface area contributed by atoms with Gasteiger partial charge in [-0.15, -0.1) is 11.3 Å². The van der Waals surface area contributed by atoms with Crippen molar-refractivity contribution in [3.63, 3.8) is 0 Å². The van der Waals surface area contributed by atoms with Gasteiger partial charge in [0.1, 0.15) is 17.0 Å². The number of esters is 1. The average Bonchev–Trinajstić information content (AvgIpc) is 3.05. The average molecular weight is 454 g/mol. The van der Waals surface area contributed by atoms with Crippen molar-refractivity contribution in [1.29, 1.82) is 0 Å². The second kappa shape index (κ2) is 7.69. The minimum atomic E-state index is -0.400. The van der Waals surface area contributed by atoms with Gasteiger partial charge in [-0.25, -0.2) is 14.8 Å². The van der Waals surface area contributed by atoms with Gasteiger partial charge in [0, 0.05) is 14.9 Å². The number of hydrogen-bond donors (Lipinski definition) is 1. The number of aryl methyl sites for hydroxylation is 1. The van der Waals surface area contributed by atoms with Crippen molar-refractivity contribution in [1.82, 2.24) is 9.97 Å². The molecule has 0 aliphatic carbocycles. The number of thiophene rings is 1. The first kappa shape index (κ1) is 18.6. The van der Waals surface area contributed by atoms with Crippen LogP contribution in [0.1, 0.15) is 15.2 Å². The van der Waals surface area contributed by atoms with Crippen molar-refractivity contribution in [3.05, 3.63) is 69.8 Å². The number of carbonyl (C=O) groups is 1. The van der Waals surface area contributed by atoms with Gasteiger partial charge in [0.2, 0.25) is 0 Å². The van der Waals surface area contributed by atoms with Gasteiger partial charge in [0.05, 0.1) is 23.7 Å². The van der Waals surface area contributed by atoms with Gasteiger partial charge in [-0.1, -0.05) is 40.2 Å². The highest BCUT2D eigenvalue weighted by molar-refractivity contribution is 9.10. The topological polar surface area (TPSA) is 64.1 Å². The minimum absolute atomic E-state index is 0.400. The fourth-order valence-electron chi connectivity index (χ4n) is 3.11. The van der Waals surface area contributed by atoms with E-state index in [2.05, 4.69) is 50.3 Å². The van der Waals surface area contributed by atoms with Crippen molar-refractivity contribution >= 4 is 55.0 Å². The summed E-state index contributed by atoms with van der Waals surface area (Å²) in [6.07, 6.45) is 1.53. The molecule has 0 saturated carbocycles. The largest absolute Gasteiger partial charge is 0.465 e. The first-order valence-electron chi connectivity index (χ1n) is 8.53. The summed E-state index contributed by atoms with van der Waals surface area (Å²) in [5.74, 6) is 0.256. The molecule has 2 aromatic heterocycles. The quantitative estimate of drug-likeness (QED) is 0.386. The Morgan fingerprint density at radius 2 is 1.86 bits per heavy atom. The van der Waals surface area contributed by atoms with E-state index in [-0.39, 0.29) is 0 Å². The van der Waals surface area contributed by atoms with Gasteiger partial charge in [-0.3, -0.25) is 0 Å². The lowest BCUT2D eigenvalue weighted by Gasteiger charge is -2.12. The fourth-order valence-corrected chi connectivity index (χ4v) is 4.39. The maximum Gasteiger partial charge on any atom is 0.339 e. The van der Waals surface area contributed by atoms with Crippen molar-refractivity contribution < 1.29 is 9.53 Å². The zero-order valence-electron chi connectivity index (χ0n) is 15.2. The van der Waals surface area contributed by atoms with Crippen LogP contribution in [0, 0.1) is 6.92 Å². The molecule has 0 spiro atoms. The number of nitrogens with zero attached hydrogens (tertiary/aromatic N) is 2. The zero-order valence-corrected chi connectivity index (χ0v) is 17.6. The molecular formula is C21H16BrN3O2S. The molecule has 140 valence electrons. The van der Waals surface area contributed by atoms with Gasteiger partial charge in [-0.05, 0) is 36.8 Å². The summed E-state index contributed by atoms with van der Waals surface area (Å²) in [6.45, 7) is 2.08. The first-order chi connectivity index (χ1) is 13.6. The van der Waals surface area contributed by atoms with E-state index in [4.69, 9.17) is 4.74 Å². The molecule has 0 aliphatic rings. The van der Waals surface area contributed by atoms with Crippen LogP contribution < -0.4 is 5.32 Å². The molecule has 0 unspecified atom stereocenters. The molecule has 0 bridgehead atoms. The van der Waals surface area contributed by atoms with Gasteiger partial charge < -0.3 is 10.1 Å². The van der Waals surface area contributed by atoms with Crippen LogP contribution in [0.25, 0.3) is 21.3 Å². The molecule has 2 heterocycles. The normalized spacial score (nSPS) is 10.8. The SMILES string of the molecule is COC(=O)c1ccccc1Nc1ncnc2sc(C)c(-c3ccc(Br)cc3)c12. The minimum Gasteiger partial charge on any atom is -0.465 e. The number of nitrogens with one attached hydrogen (secondary N) is 1. The summed E-state index contributed by atoms with van der Waals surface area (Å²) in [6, 6.07) is 15.4. The van der Waals surface area contributed by atoms with Crippen LogP contribution in [-0.2, 0) is 4.74 Å². The highest BCUT2D eigenvalue weighted by atomic mass is 79.9. The Balaban J connectivity index is 1.88. The molecule has 0 saturated heterocycles.